The fourth-order valence-corrected chi connectivity index (χ4v) is 1.37. The Bertz CT molecular complexity index is 426. The number of benzene rings is 1. The SMILES string of the molecule is CN(CC(=O)Nc1cc(F)ccc1N)CC(F)F. The first-order valence-corrected chi connectivity index (χ1v) is 5.20. The fraction of sp³-hybridized carbons (Fsp3) is 0.364. The van der Waals surface area contributed by atoms with Crippen molar-refractivity contribution in [2.75, 3.05) is 31.2 Å². The summed E-state index contributed by atoms with van der Waals surface area (Å²) in [5.41, 5.74) is 5.87. The van der Waals surface area contributed by atoms with Gasteiger partial charge in [0.15, 0.2) is 0 Å². The average Bonchev–Trinajstić information content (AvgIpc) is 2.21. The van der Waals surface area contributed by atoms with Gasteiger partial charge in [-0.25, -0.2) is 13.2 Å². The predicted molar refractivity (Wildman–Crippen MR) is 62.9 cm³/mol. The van der Waals surface area contributed by atoms with E-state index in [0.717, 1.165) is 17.0 Å². The van der Waals surface area contributed by atoms with Gasteiger partial charge in [0.25, 0.3) is 6.43 Å². The highest BCUT2D eigenvalue weighted by Gasteiger charge is 2.12. The maximum absolute atomic E-state index is 12.9. The number of amides is 1. The van der Waals surface area contributed by atoms with Crippen LogP contribution in [0.4, 0.5) is 24.5 Å². The van der Waals surface area contributed by atoms with Crippen molar-refractivity contribution < 1.29 is 18.0 Å². The second kappa shape index (κ2) is 6.25. The van der Waals surface area contributed by atoms with Crippen molar-refractivity contribution in [1.82, 2.24) is 4.90 Å². The highest BCUT2D eigenvalue weighted by molar-refractivity contribution is 5.95. The summed E-state index contributed by atoms with van der Waals surface area (Å²) < 4.78 is 37.0. The predicted octanol–water partition coefficient (Wildman–Crippen LogP) is 1.54. The van der Waals surface area contributed by atoms with Crippen LogP contribution in [0.15, 0.2) is 18.2 Å². The zero-order chi connectivity index (χ0) is 13.7. The summed E-state index contributed by atoms with van der Waals surface area (Å²) in [5.74, 6) is -1.07. The highest BCUT2D eigenvalue weighted by atomic mass is 19.3. The molecule has 0 unspecified atom stereocenters. The second-order valence-corrected chi connectivity index (χ2v) is 3.87. The molecule has 7 heteroatoms. The molecule has 1 aromatic rings. The van der Waals surface area contributed by atoms with Crippen LogP contribution in [0.5, 0.6) is 0 Å². The smallest absolute Gasteiger partial charge is 0.251 e. The molecular formula is C11H14F3N3O. The van der Waals surface area contributed by atoms with E-state index in [1.807, 2.05) is 0 Å². The number of nitrogens with zero attached hydrogens (tertiary/aromatic N) is 1. The van der Waals surface area contributed by atoms with Crippen LogP contribution in [0.2, 0.25) is 0 Å². The van der Waals surface area contributed by atoms with E-state index < -0.39 is 24.7 Å². The van der Waals surface area contributed by atoms with Gasteiger partial charge in [-0.3, -0.25) is 9.69 Å². The summed E-state index contributed by atoms with van der Waals surface area (Å²) in [4.78, 5) is 12.7. The monoisotopic (exact) mass is 261 g/mol. The lowest BCUT2D eigenvalue weighted by Crippen LogP contribution is -2.33. The van der Waals surface area contributed by atoms with Crippen LogP contribution in [-0.4, -0.2) is 37.4 Å². The van der Waals surface area contributed by atoms with E-state index in [1.165, 1.54) is 13.1 Å². The van der Waals surface area contributed by atoms with E-state index in [9.17, 15) is 18.0 Å². The molecule has 0 saturated heterocycles. The fourth-order valence-electron chi connectivity index (χ4n) is 1.37. The van der Waals surface area contributed by atoms with Crippen molar-refractivity contribution in [3.05, 3.63) is 24.0 Å². The molecule has 0 bridgehead atoms. The summed E-state index contributed by atoms with van der Waals surface area (Å²) in [6.45, 7) is -0.730. The number of anilines is 2. The van der Waals surface area contributed by atoms with E-state index in [2.05, 4.69) is 5.32 Å². The molecule has 1 rings (SSSR count). The molecule has 0 aliphatic heterocycles. The third-order valence-corrected chi connectivity index (χ3v) is 2.15. The number of carbonyl (C=O) groups excluding carboxylic acids is 1. The molecular weight excluding hydrogens is 247 g/mol. The molecule has 100 valence electrons. The summed E-state index contributed by atoms with van der Waals surface area (Å²) in [6, 6.07) is 3.54. The average molecular weight is 261 g/mol. The van der Waals surface area contributed by atoms with Crippen LogP contribution in [0, 0.1) is 5.82 Å². The molecule has 1 amide bonds. The number of alkyl halides is 2. The van der Waals surface area contributed by atoms with Gasteiger partial charge >= 0.3 is 0 Å². The molecule has 0 atom stereocenters. The number of nitrogen functional groups attached to an aromatic ring is 1. The van der Waals surface area contributed by atoms with Crippen molar-refractivity contribution >= 4 is 17.3 Å². The van der Waals surface area contributed by atoms with E-state index >= 15 is 0 Å². The maximum Gasteiger partial charge on any atom is 0.251 e. The standard InChI is InChI=1S/C11H14F3N3O/c1-17(5-10(13)14)6-11(18)16-9-4-7(12)2-3-8(9)15/h2-4,10H,5-6,15H2,1H3,(H,16,18). The molecule has 0 radical (unpaired) electrons. The van der Waals surface area contributed by atoms with E-state index in [-0.39, 0.29) is 17.9 Å². The Morgan fingerprint density at radius 1 is 1.50 bits per heavy atom. The summed E-state index contributed by atoms with van der Waals surface area (Å²) in [7, 11) is 1.39. The quantitative estimate of drug-likeness (QED) is 0.790. The van der Waals surface area contributed by atoms with Crippen molar-refractivity contribution in [3.8, 4) is 0 Å². The van der Waals surface area contributed by atoms with Crippen molar-refractivity contribution in [1.29, 1.82) is 0 Å². The van der Waals surface area contributed by atoms with Crippen molar-refractivity contribution in [2.24, 2.45) is 0 Å². The molecule has 4 nitrogen and oxygen atoms in total. The minimum atomic E-state index is -2.51. The maximum atomic E-state index is 12.9. The molecule has 18 heavy (non-hydrogen) atoms. The minimum Gasteiger partial charge on any atom is -0.397 e. The van der Waals surface area contributed by atoms with E-state index in [0.29, 0.717) is 0 Å². The van der Waals surface area contributed by atoms with Crippen LogP contribution in [0.25, 0.3) is 0 Å². The molecule has 0 spiro atoms. The zero-order valence-electron chi connectivity index (χ0n) is 9.79. The Morgan fingerprint density at radius 3 is 2.78 bits per heavy atom. The van der Waals surface area contributed by atoms with Gasteiger partial charge in [0.2, 0.25) is 5.91 Å². The molecule has 0 saturated carbocycles. The Labute approximate surface area is 103 Å². The summed E-state index contributed by atoms with van der Waals surface area (Å²) in [6.07, 6.45) is -2.51. The number of nitrogens with two attached hydrogens (primary N) is 1. The highest BCUT2D eigenvalue weighted by Crippen LogP contribution is 2.18. The Morgan fingerprint density at radius 2 is 2.17 bits per heavy atom. The number of rotatable bonds is 5. The molecule has 0 heterocycles. The second-order valence-electron chi connectivity index (χ2n) is 3.87. The molecule has 3 N–H and O–H groups in total. The van der Waals surface area contributed by atoms with Gasteiger partial charge in [0, 0.05) is 0 Å². The number of hydrogen-bond acceptors (Lipinski definition) is 3. The molecule has 0 aromatic heterocycles. The summed E-state index contributed by atoms with van der Waals surface area (Å²) in [5, 5.41) is 2.36. The van der Waals surface area contributed by atoms with Gasteiger partial charge in [-0.1, -0.05) is 0 Å². The third-order valence-electron chi connectivity index (χ3n) is 2.15. The van der Waals surface area contributed by atoms with Gasteiger partial charge < -0.3 is 11.1 Å². The summed E-state index contributed by atoms with van der Waals surface area (Å²) >= 11 is 0. The number of hydrogen-bond donors (Lipinski definition) is 2. The number of carbonyl (C=O) groups is 1. The van der Waals surface area contributed by atoms with Crippen molar-refractivity contribution in [2.45, 2.75) is 6.43 Å². The van der Waals surface area contributed by atoms with Gasteiger partial charge in [0.05, 0.1) is 24.5 Å². The van der Waals surface area contributed by atoms with Gasteiger partial charge in [-0.05, 0) is 25.2 Å². The van der Waals surface area contributed by atoms with Crippen molar-refractivity contribution in [3.63, 3.8) is 0 Å². The van der Waals surface area contributed by atoms with Crippen LogP contribution in [0.3, 0.4) is 0 Å². The molecule has 0 aliphatic carbocycles. The molecule has 1 aromatic carbocycles. The lowest BCUT2D eigenvalue weighted by molar-refractivity contribution is -0.117. The zero-order valence-corrected chi connectivity index (χ0v) is 9.79. The topological polar surface area (TPSA) is 58.4 Å². The van der Waals surface area contributed by atoms with Gasteiger partial charge in [0.1, 0.15) is 5.82 Å². The number of halogens is 3. The van der Waals surface area contributed by atoms with E-state index in [4.69, 9.17) is 5.73 Å². The van der Waals surface area contributed by atoms with Crippen LogP contribution in [0.1, 0.15) is 0 Å². The lowest BCUT2D eigenvalue weighted by atomic mass is 10.2. The minimum absolute atomic E-state index is 0.130. The van der Waals surface area contributed by atoms with Gasteiger partial charge in [-0.2, -0.15) is 0 Å². The number of nitrogens with one attached hydrogen (secondary N) is 1. The van der Waals surface area contributed by atoms with Crippen LogP contribution < -0.4 is 11.1 Å². The molecule has 0 fully saturated rings. The Kier molecular flexibility index (Phi) is 4.96. The first-order valence-electron chi connectivity index (χ1n) is 5.20. The lowest BCUT2D eigenvalue weighted by Gasteiger charge is -2.16. The largest absolute Gasteiger partial charge is 0.397 e. The van der Waals surface area contributed by atoms with Crippen LogP contribution in [-0.2, 0) is 4.79 Å². The van der Waals surface area contributed by atoms with E-state index in [1.54, 1.807) is 0 Å². The first-order chi connectivity index (χ1) is 8.38. The first kappa shape index (κ1) is 14.3. The Balaban J connectivity index is 2.56. The van der Waals surface area contributed by atoms with Crippen LogP contribution >= 0.6 is 0 Å². The Hall–Kier alpha value is -1.76. The molecule has 0 aliphatic rings. The third kappa shape index (κ3) is 4.62. The normalized spacial score (nSPS) is 11.0. The number of likely N-dealkylation sites (N-methyl/N-ethyl adjacent to an activating group) is 1. The van der Waals surface area contributed by atoms with Gasteiger partial charge in [-0.15, -0.1) is 0 Å².